The number of hydrogen-bond donors (Lipinski definition) is 1. The van der Waals surface area contributed by atoms with Crippen LogP contribution in [0.3, 0.4) is 0 Å². The summed E-state index contributed by atoms with van der Waals surface area (Å²) in [6, 6.07) is 5.47. The molecule has 0 aliphatic carbocycles. The summed E-state index contributed by atoms with van der Waals surface area (Å²) in [5.41, 5.74) is 1.51. The molecule has 6 nitrogen and oxygen atoms in total. The number of hydrogen-bond acceptors (Lipinski definition) is 4. The molecule has 0 atom stereocenters. The Bertz CT molecular complexity index is 905. The van der Waals surface area contributed by atoms with E-state index in [1.165, 1.54) is 11.0 Å². The van der Waals surface area contributed by atoms with Crippen LogP contribution in [0.15, 0.2) is 29.0 Å². The number of aliphatic hydroxyl groups is 1. The number of aromatic nitrogens is 5. The Morgan fingerprint density at radius 3 is 2.91 bits per heavy atom. The summed E-state index contributed by atoms with van der Waals surface area (Å²) in [6.07, 6.45) is -1.28. The third kappa shape index (κ3) is 2.19. The van der Waals surface area contributed by atoms with Crippen molar-refractivity contribution in [1.29, 1.82) is 0 Å². The predicted octanol–water partition coefficient (Wildman–Crippen LogP) is 2.68. The summed E-state index contributed by atoms with van der Waals surface area (Å²) in [7, 11) is 0. The third-order valence-electron chi connectivity index (χ3n) is 3.72. The monoisotopic (exact) mass is 381 g/mol. The quantitative estimate of drug-likeness (QED) is 0.579. The maximum Gasteiger partial charge on any atom is 0.282 e. The molecule has 1 N–H and O–H groups in total. The lowest BCUT2D eigenvalue weighted by Gasteiger charge is -2.09. The Labute approximate surface area is 137 Å². The van der Waals surface area contributed by atoms with Crippen LogP contribution in [-0.4, -0.2) is 29.4 Å². The lowest BCUT2D eigenvalue weighted by Crippen LogP contribution is -2.07. The zero-order valence-corrected chi connectivity index (χ0v) is 13.2. The van der Waals surface area contributed by atoms with Crippen LogP contribution in [0.4, 0.5) is 8.78 Å². The molecule has 3 aromatic rings. The van der Waals surface area contributed by atoms with E-state index in [0.29, 0.717) is 17.2 Å². The van der Waals surface area contributed by atoms with Gasteiger partial charge in [0.15, 0.2) is 11.6 Å². The molecule has 9 heteroatoms. The zero-order chi connectivity index (χ0) is 16.1. The summed E-state index contributed by atoms with van der Waals surface area (Å²) in [4.78, 5) is 8.16. The molecule has 0 fully saturated rings. The van der Waals surface area contributed by atoms with Crippen LogP contribution in [0.1, 0.15) is 23.6 Å². The van der Waals surface area contributed by atoms with Gasteiger partial charge in [-0.1, -0.05) is 15.9 Å². The van der Waals surface area contributed by atoms with Crippen molar-refractivity contribution < 1.29 is 13.9 Å². The summed E-state index contributed by atoms with van der Waals surface area (Å²) in [5.74, 6) is 0.770. The SMILES string of the molecule is OCc1nc2n(n1)Cc1c(C(F)F)ncn1-c1ccc(Br)cc1-2. The van der Waals surface area contributed by atoms with Gasteiger partial charge in [0.05, 0.1) is 17.9 Å². The van der Waals surface area contributed by atoms with Gasteiger partial charge >= 0.3 is 0 Å². The van der Waals surface area contributed by atoms with E-state index in [1.807, 2.05) is 18.2 Å². The maximum atomic E-state index is 13.2. The molecular formula is C14H10BrF2N5O. The van der Waals surface area contributed by atoms with Gasteiger partial charge < -0.3 is 9.67 Å². The zero-order valence-electron chi connectivity index (χ0n) is 11.6. The first-order valence-corrected chi connectivity index (χ1v) is 7.57. The number of fused-ring (bicyclic) bond motifs is 5. The van der Waals surface area contributed by atoms with Crippen LogP contribution >= 0.6 is 15.9 Å². The van der Waals surface area contributed by atoms with E-state index >= 15 is 0 Å². The van der Waals surface area contributed by atoms with Gasteiger partial charge in [0.2, 0.25) is 0 Å². The lowest BCUT2D eigenvalue weighted by molar-refractivity contribution is 0.145. The largest absolute Gasteiger partial charge is 0.388 e. The first-order chi connectivity index (χ1) is 11.1. The third-order valence-corrected chi connectivity index (χ3v) is 4.21. The Kier molecular flexibility index (Phi) is 3.27. The second-order valence-corrected chi connectivity index (χ2v) is 5.99. The highest BCUT2D eigenvalue weighted by atomic mass is 79.9. The Balaban J connectivity index is 2.04. The number of benzene rings is 1. The number of halogens is 3. The highest BCUT2D eigenvalue weighted by Gasteiger charge is 2.27. The fraction of sp³-hybridized carbons (Fsp3) is 0.214. The molecule has 0 spiro atoms. The number of rotatable bonds is 2. The number of imidazole rings is 1. The predicted molar refractivity (Wildman–Crippen MR) is 80.3 cm³/mol. The minimum absolute atomic E-state index is 0.105. The van der Waals surface area contributed by atoms with Crippen molar-refractivity contribution in [3.8, 4) is 17.1 Å². The van der Waals surface area contributed by atoms with E-state index in [-0.39, 0.29) is 24.7 Å². The van der Waals surface area contributed by atoms with E-state index in [2.05, 4.69) is 31.0 Å². The fourth-order valence-electron chi connectivity index (χ4n) is 2.74. The van der Waals surface area contributed by atoms with Crippen LogP contribution in [0.5, 0.6) is 0 Å². The number of alkyl halides is 2. The van der Waals surface area contributed by atoms with E-state index in [1.54, 1.807) is 4.57 Å². The Hall–Kier alpha value is -2.13. The van der Waals surface area contributed by atoms with E-state index in [0.717, 1.165) is 10.0 Å². The Morgan fingerprint density at radius 1 is 1.35 bits per heavy atom. The van der Waals surface area contributed by atoms with Crippen LogP contribution in [0.2, 0.25) is 0 Å². The van der Waals surface area contributed by atoms with Crippen molar-refractivity contribution in [3.05, 3.63) is 46.2 Å². The summed E-state index contributed by atoms with van der Waals surface area (Å²) >= 11 is 3.41. The van der Waals surface area contributed by atoms with Crippen molar-refractivity contribution in [2.45, 2.75) is 19.6 Å². The van der Waals surface area contributed by atoms with Crippen molar-refractivity contribution in [3.63, 3.8) is 0 Å². The molecule has 3 heterocycles. The lowest BCUT2D eigenvalue weighted by atomic mass is 10.1. The molecule has 0 saturated heterocycles. The second kappa shape index (κ2) is 5.20. The summed E-state index contributed by atoms with van der Waals surface area (Å²) in [6.45, 7) is -0.210. The number of aliphatic hydroxyl groups excluding tert-OH is 1. The van der Waals surface area contributed by atoms with Crippen molar-refractivity contribution in [2.24, 2.45) is 0 Å². The molecule has 118 valence electrons. The fourth-order valence-corrected chi connectivity index (χ4v) is 3.10. The molecule has 0 radical (unpaired) electrons. The summed E-state index contributed by atoms with van der Waals surface area (Å²) in [5, 5.41) is 13.5. The topological polar surface area (TPSA) is 68.8 Å². The standard InChI is InChI=1S/C14H10BrF2N5O/c15-7-1-2-9-8(3-7)14-19-11(5-23)20-22(14)4-10-12(13(16)17)18-6-21(9)10/h1-3,6,13,23H,4-5H2. The minimum Gasteiger partial charge on any atom is -0.388 e. The molecule has 23 heavy (non-hydrogen) atoms. The first-order valence-electron chi connectivity index (χ1n) is 6.77. The highest BCUT2D eigenvalue weighted by Crippen LogP contribution is 2.35. The Morgan fingerprint density at radius 2 is 2.17 bits per heavy atom. The number of nitrogens with zero attached hydrogens (tertiary/aromatic N) is 5. The highest BCUT2D eigenvalue weighted by molar-refractivity contribution is 9.10. The molecule has 0 bridgehead atoms. The molecule has 0 saturated carbocycles. The van der Waals surface area contributed by atoms with Crippen molar-refractivity contribution in [2.75, 3.05) is 0 Å². The molecule has 1 aliphatic rings. The maximum absolute atomic E-state index is 13.2. The molecule has 1 aromatic carbocycles. The smallest absolute Gasteiger partial charge is 0.282 e. The average molecular weight is 382 g/mol. The van der Waals surface area contributed by atoms with Crippen LogP contribution < -0.4 is 0 Å². The molecule has 1 aliphatic heterocycles. The van der Waals surface area contributed by atoms with Gasteiger partial charge in [0.25, 0.3) is 6.43 Å². The van der Waals surface area contributed by atoms with Gasteiger partial charge in [-0.15, -0.1) is 0 Å². The van der Waals surface area contributed by atoms with Gasteiger partial charge in [0, 0.05) is 10.0 Å². The van der Waals surface area contributed by atoms with Gasteiger partial charge in [-0.2, -0.15) is 5.10 Å². The van der Waals surface area contributed by atoms with Crippen molar-refractivity contribution in [1.82, 2.24) is 24.3 Å². The van der Waals surface area contributed by atoms with E-state index in [9.17, 15) is 13.9 Å². The van der Waals surface area contributed by atoms with Gasteiger partial charge in [-0.3, -0.25) is 0 Å². The second-order valence-electron chi connectivity index (χ2n) is 5.08. The average Bonchev–Trinajstić information content (AvgIpc) is 3.09. The minimum atomic E-state index is -2.67. The normalized spacial score (nSPS) is 12.7. The summed E-state index contributed by atoms with van der Waals surface area (Å²) < 4.78 is 30.5. The van der Waals surface area contributed by atoms with Gasteiger partial charge in [0.1, 0.15) is 18.6 Å². The van der Waals surface area contributed by atoms with Crippen LogP contribution in [-0.2, 0) is 13.2 Å². The van der Waals surface area contributed by atoms with E-state index in [4.69, 9.17) is 0 Å². The molecule has 4 rings (SSSR count). The van der Waals surface area contributed by atoms with Gasteiger partial charge in [-0.05, 0) is 18.2 Å². The molecule has 0 amide bonds. The first kappa shape index (κ1) is 14.5. The molecular weight excluding hydrogens is 372 g/mol. The van der Waals surface area contributed by atoms with Crippen LogP contribution in [0, 0.1) is 0 Å². The van der Waals surface area contributed by atoms with Crippen molar-refractivity contribution >= 4 is 15.9 Å². The van der Waals surface area contributed by atoms with E-state index < -0.39 is 6.43 Å². The molecule has 2 aromatic heterocycles. The van der Waals surface area contributed by atoms with Crippen LogP contribution in [0.25, 0.3) is 17.1 Å². The van der Waals surface area contributed by atoms with Gasteiger partial charge in [-0.25, -0.2) is 23.4 Å². The molecule has 0 unspecified atom stereocenters.